The van der Waals surface area contributed by atoms with Crippen molar-refractivity contribution in [2.45, 2.75) is 39.5 Å². The van der Waals surface area contributed by atoms with Gasteiger partial charge in [-0.15, -0.1) is 20.6 Å². The fourth-order valence-electron chi connectivity index (χ4n) is 2.85. The second kappa shape index (κ2) is 9.22. The molecule has 0 unspecified atom stereocenters. The molecule has 8 nitrogen and oxygen atoms in total. The largest absolute Gasteiger partial charge is 0.375 e. The predicted octanol–water partition coefficient (Wildman–Crippen LogP) is -0.761. The zero-order valence-electron chi connectivity index (χ0n) is 16.1. The van der Waals surface area contributed by atoms with Crippen LogP contribution in [-0.2, 0) is 0 Å². The molecule has 0 aliphatic carbocycles. The minimum atomic E-state index is -4.94. The lowest BCUT2D eigenvalue weighted by Crippen LogP contribution is -2.68. The van der Waals surface area contributed by atoms with Gasteiger partial charge in [0.2, 0.25) is 0 Å². The SMILES string of the molecule is CC(C)c1cc(-c2ccccc2)cc(C(C)C)[n+]1-c1cn[nH]n1.[O-][Cl+3]([O-])([O-])[O-]. The van der Waals surface area contributed by atoms with Gasteiger partial charge in [-0.05, 0) is 23.3 Å². The van der Waals surface area contributed by atoms with Crippen molar-refractivity contribution in [1.29, 1.82) is 0 Å². The van der Waals surface area contributed by atoms with E-state index in [9.17, 15) is 0 Å². The van der Waals surface area contributed by atoms with Gasteiger partial charge in [0.1, 0.15) is 17.6 Å². The molecule has 0 atom stereocenters. The normalized spacial score (nSPS) is 11.5. The standard InChI is InChI=1S/C19H23N4.ClHO4/c1-13(2)17-10-16(15-8-6-5-7-9-15)11-18(14(3)4)23(17)19-12-20-22-21-19;2-1(3,4)5/h5-14H,1-4H3,(H,20,21,22);(H,2,3,4,5)/q+1;/p-1. The Morgan fingerprint density at radius 2 is 1.36 bits per heavy atom. The number of hydrogen-bond acceptors (Lipinski definition) is 6. The van der Waals surface area contributed by atoms with E-state index in [1.54, 1.807) is 6.20 Å². The molecule has 0 aliphatic heterocycles. The Labute approximate surface area is 165 Å². The van der Waals surface area contributed by atoms with Crippen LogP contribution in [0.5, 0.6) is 0 Å². The van der Waals surface area contributed by atoms with Crippen molar-refractivity contribution in [3.63, 3.8) is 0 Å². The summed E-state index contributed by atoms with van der Waals surface area (Å²) in [6.45, 7) is 8.85. The maximum absolute atomic E-state index is 8.49. The van der Waals surface area contributed by atoms with Gasteiger partial charge in [0.25, 0.3) is 0 Å². The van der Waals surface area contributed by atoms with E-state index in [-0.39, 0.29) is 0 Å². The van der Waals surface area contributed by atoms with E-state index < -0.39 is 10.2 Å². The molecule has 28 heavy (non-hydrogen) atoms. The molecule has 0 radical (unpaired) electrons. The van der Waals surface area contributed by atoms with E-state index in [1.807, 2.05) is 0 Å². The molecule has 150 valence electrons. The summed E-state index contributed by atoms with van der Waals surface area (Å²) in [6, 6.07) is 15.1. The Balaban J connectivity index is 0.000000500. The van der Waals surface area contributed by atoms with Crippen LogP contribution in [0, 0.1) is 10.2 Å². The molecule has 2 aromatic heterocycles. The van der Waals surface area contributed by atoms with Gasteiger partial charge in [0.05, 0.1) is 5.10 Å². The first-order valence-electron chi connectivity index (χ1n) is 8.71. The second-order valence-electron chi connectivity index (χ2n) is 6.81. The Kier molecular flexibility index (Phi) is 7.22. The molecule has 0 spiro atoms. The van der Waals surface area contributed by atoms with Crippen LogP contribution in [0.4, 0.5) is 0 Å². The first-order valence-corrected chi connectivity index (χ1v) is 9.94. The maximum atomic E-state index is 8.49. The number of H-pyrrole nitrogens is 1. The summed E-state index contributed by atoms with van der Waals surface area (Å²) in [6.07, 6.45) is 1.78. The van der Waals surface area contributed by atoms with E-state index in [0.29, 0.717) is 11.8 Å². The lowest BCUT2D eigenvalue weighted by atomic mass is 9.97. The molecule has 1 aromatic carbocycles. The monoisotopic (exact) mass is 406 g/mol. The van der Waals surface area contributed by atoms with Crippen molar-refractivity contribution in [3.8, 4) is 16.9 Å². The van der Waals surface area contributed by atoms with Crippen LogP contribution in [-0.4, -0.2) is 15.4 Å². The smallest absolute Gasteiger partial charge is 0.222 e. The third kappa shape index (κ3) is 6.08. The van der Waals surface area contributed by atoms with Crippen molar-refractivity contribution in [1.82, 2.24) is 15.4 Å². The highest BCUT2D eigenvalue weighted by atomic mass is 35.7. The number of halogens is 1. The summed E-state index contributed by atoms with van der Waals surface area (Å²) in [7, 11) is -4.94. The quantitative estimate of drug-likeness (QED) is 0.565. The summed E-state index contributed by atoms with van der Waals surface area (Å²) in [5.41, 5.74) is 4.97. The molecule has 0 amide bonds. The van der Waals surface area contributed by atoms with Gasteiger partial charge in [0.15, 0.2) is 0 Å². The summed E-state index contributed by atoms with van der Waals surface area (Å²) in [5, 5.41) is 11.0. The van der Waals surface area contributed by atoms with Crippen LogP contribution < -0.4 is 23.2 Å². The average molecular weight is 407 g/mol. The molecule has 3 rings (SSSR count). The number of aromatic nitrogens is 4. The minimum Gasteiger partial charge on any atom is -0.222 e. The van der Waals surface area contributed by atoms with E-state index in [0.717, 1.165) is 5.82 Å². The fraction of sp³-hybridized carbons (Fsp3) is 0.316. The van der Waals surface area contributed by atoms with Crippen molar-refractivity contribution in [2.75, 3.05) is 0 Å². The lowest BCUT2D eigenvalue weighted by Gasteiger charge is -2.17. The van der Waals surface area contributed by atoms with Crippen LogP contribution >= 0.6 is 0 Å². The number of pyridine rings is 1. The molecule has 9 heteroatoms. The van der Waals surface area contributed by atoms with Gasteiger partial charge in [-0.25, -0.2) is 18.6 Å². The van der Waals surface area contributed by atoms with Crippen LogP contribution in [0.25, 0.3) is 16.9 Å². The van der Waals surface area contributed by atoms with Gasteiger partial charge in [0, 0.05) is 11.8 Å². The molecular formula is C19H23ClN4O4. The van der Waals surface area contributed by atoms with Crippen LogP contribution in [0.2, 0.25) is 0 Å². The minimum absolute atomic E-state index is 0.382. The second-order valence-corrected chi connectivity index (χ2v) is 7.57. The number of hydrogen-bond donors (Lipinski definition) is 1. The Bertz CT molecular complexity index is 844. The Hall–Kier alpha value is -2.36. The molecule has 0 saturated carbocycles. The van der Waals surface area contributed by atoms with Gasteiger partial charge in [-0.2, -0.15) is 4.57 Å². The summed E-state index contributed by atoms with van der Waals surface area (Å²) >= 11 is 0. The topological polar surface area (TPSA) is 138 Å². The third-order valence-electron chi connectivity index (χ3n) is 4.04. The highest BCUT2D eigenvalue weighted by Crippen LogP contribution is 2.26. The molecule has 0 bridgehead atoms. The maximum Gasteiger partial charge on any atom is 0.375 e. The van der Waals surface area contributed by atoms with Gasteiger partial charge in [-0.3, -0.25) is 0 Å². The van der Waals surface area contributed by atoms with Crippen LogP contribution in [0.1, 0.15) is 50.9 Å². The van der Waals surface area contributed by atoms with Crippen molar-refractivity contribution in [3.05, 3.63) is 60.0 Å². The van der Waals surface area contributed by atoms with E-state index in [2.05, 4.69) is 90.1 Å². The average Bonchev–Trinajstić information content (AvgIpc) is 3.14. The fourth-order valence-corrected chi connectivity index (χ4v) is 2.85. The molecular weight excluding hydrogens is 384 g/mol. The van der Waals surface area contributed by atoms with E-state index in [4.69, 9.17) is 18.6 Å². The zero-order valence-corrected chi connectivity index (χ0v) is 16.9. The van der Waals surface area contributed by atoms with Crippen molar-refractivity contribution < 1.29 is 33.4 Å². The van der Waals surface area contributed by atoms with Crippen LogP contribution in [0.3, 0.4) is 0 Å². The highest BCUT2D eigenvalue weighted by Gasteiger charge is 2.24. The third-order valence-corrected chi connectivity index (χ3v) is 4.04. The Morgan fingerprint density at radius 3 is 1.75 bits per heavy atom. The van der Waals surface area contributed by atoms with Crippen LogP contribution in [0.15, 0.2) is 48.7 Å². The summed E-state index contributed by atoms with van der Waals surface area (Å²) in [4.78, 5) is 0. The molecule has 0 saturated heterocycles. The van der Waals surface area contributed by atoms with Gasteiger partial charge in [-0.1, -0.05) is 58.0 Å². The van der Waals surface area contributed by atoms with Gasteiger partial charge >= 0.3 is 5.82 Å². The number of benzene rings is 1. The number of nitrogens with zero attached hydrogens (tertiary/aromatic N) is 3. The van der Waals surface area contributed by atoms with Crippen molar-refractivity contribution >= 4 is 0 Å². The van der Waals surface area contributed by atoms with Crippen molar-refractivity contribution in [2.24, 2.45) is 0 Å². The first kappa shape index (κ1) is 21.9. The molecule has 1 N–H and O–H groups in total. The summed E-state index contributed by atoms with van der Waals surface area (Å²) in [5.74, 6) is 1.61. The number of aromatic amines is 1. The lowest BCUT2D eigenvalue weighted by molar-refractivity contribution is -2.00. The molecule has 0 aliphatic rings. The van der Waals surface area contributed by atoms with E-state index >= 15 is 0 Å². The van der Waals surface area contributed by atoms with Gasteiger partial charge < -0.3 is 0 Å². The zero-order chi connectivity index (χ0) is 20.9. The molecule has 3 aromatic rings. The highest BCUT2D eigenvalue weighted by molar-refractivity contribution is 5.63. The number of rotatable bonds is 4. The molecule has 2 heterocycles. The molecule has 0 fully saturated rings. The first-order chi connectivity index (χ1) is 13.1. The number of nitrogens with one attached hydrogen (secondary N) is 1. The Morgan fingerprint density at radius 1 is 0.857 bits per heavy atom. The summed E-state index contributed by atoms with van der Waals surface area (Å²) < 4.78 is 36.2. The van der Waals surface area contributed by atoms with E-state index in [1.165, 1.54) is 22.5 Å². The predicted molar refractivity (Wildman–Crippen MR) is 91.5 cm³/mol.